The van der Waals surface area contributed by atoms with Crippen LogP contribution in [0.25, 0.3) is 11.3 Å². The van der Waals surface area contributed by atoms with Crippen molar-refractivity contribution in [3.8, 4) is 17.1 Å². The highest BCUT2D eigenvalue weighted by atomic mass is 32.2. The summed E-state index contributed by atoms with van der Waals surface area (Å²) in [6.45, 7) is 0.385. The van der Waals surface area contributed by atoms with Crippen molar-refractivity contribution in [2.75, 3.05) is 6.26 Å². The summed E-state index contributed by atoms with van der Waals surface area (Å²) in [6, 6.07) is 6.51. The fourth-order valence-corrected chi connectivity index (χ4v) is 3.02. The fraction of sp³-hybridized carbons (Fsp3) is 0.133. The molecule has 0 saturated heterocycles. The molecule has 118 valence electrons. The molecule has 0 aliphatic heterocycles. The number of ether oxygens (including phenoxy) is 1. The first kappa shape index (κ1) is 15.6. The van der Waals surface area contributed by atoms with Gasteiger partial charge in [0.05, 0.1) is 33.4 Å². The molecule has 8 heteroatoms. The number of thiazole rings is 1. The van der Waals surface area contributed by atoms with E-state index in [1.54, 1.807) is 42.2 Å². The summed E-state index contributed by atoms with van der Waals surface area (Å²) in [7, 11) is -3.21. The first-order valence-corrected chi connectivity index (χ1v) is 9.42. The van der Waals surface area contributed by atoms with E-state index in [1.807, 2.05) is 0 Å². The lowest BCUT2D eigenvalue weighted by Crippen LogP contribution is -1.98. The Balaban J connectivity index is 1.79. The van der Waals surface area contributed by atoms with Gasteiger partial charge in [0.2, 0.25) is 5.88 Å². The summed E-state index contributed by atoms with van der Waals surface area (Å²) in [4.78, 5) is 13.7. The van der Waals surface area contributed by atoms with Crippen LogP contribution in [-0.2, 0) is 16.4 Å². The number of rotatable bonds is 5. The van der Waals surface area contributed by atoms with E-state index in [2.05, 4.69) is 15.0 Å². The van der Waals surface area contributed by atoms with Gasteiger partial charge in [-0.1, -0.05) is 12.1 Å². The standard InChI is InChI=1S/C15H13N3O3S2/c1-23(19,20)13-4-2-11(3-5-13)14-7-16-8-15(18-14)21-9-12-6-17-10-22-12/h2-8,10H,9H2,1H3. The third-order valence-electron chi connectivity index (χ3n) is 3.04. The molecule has 0 saturated carbocycles. The summed E-state index contributed by atoms with van der Waals surface area (Å²) in [6.07, 6.45) is 6.06. The van der Waals surface area contributed by atoms with E-state index in [0.717, 1.165) is 10.4 Å². The van der Waals surface area contributed by atoms with Gasteiger partial charge in [-0.2, -0.15) is 0 Å². The molecule has 0 atom stereocenters. The summed E-state index contributed by atoms with van der Waals surface area (Å²) in [5.41, 5.74) is 3.13. The summed E-state index contributed by atoms with van der Waals surface area (Å²) in [5.74, 6) is 0.406. The Morgan fingerprint density at radius 1 is 1.09 bits per heavy atom. The topological polar surface area (TPSA) is 82.0 Å². The molecule has 0 fully saturated rings. The summed E-state index contributed by atoms with van der Waals surface area (Å²) >= 11 is 1.51. The second-order valence-electron chi connectivity index (χ2n) is 4.80. The van der Waals surface area contributed by atoms with Gasteiger partial charge in [-0.15, -0.1) is 11.3 Å². The first-order chi connectivity index (χ1) is 11.0. The maximum atomic E-state index is 11.5. The zero-order chi connectivity index (χ0) is 16.3. The molecule has 0 spiro atoms. The fourth-order valence-electron chi connectivity index (χ4n) is 1.89. The van der Waals surface area contributed by atoms with Crippen molar-refractivity contribution in [2.24, 2.45) is 0 Å². The van der Waals surface area contributed by atoms with Crippen LogP contribution in [0.15, 0.2) is 53.3 Å². The van der Waals surface area contributed by atoms with Crippen molar-refractivity contribution >= 4 is 21.2 Å². The minimum absolute atomic E-state index is 0.270. The zero-order valence-electron chi connectivity index (χ0n) is 12.2. The molecular weight excluding hydrogens is 334 g/mol. The van der Waals surface area contributed by atoms with Gasteiger partial charge in [0.15, 0.2) is 9.84 Å². The van der Waals surface area contributed by atoms with E-state index >= 15 is 0 Å². The number of hydrogen-bond donors (Lipinski definition) is 0. The average Bonchev–Trinajstić information content (AvgIpc) is 3.06. The van der Waals surface area contributed by atoms with Crippen molar-refractivity contribution in [1.29, 1.82) is 0 Å². The normalized spacial score (nSPS) is 11.3. The molecule has 0 aliphatic rings. The molecule has 2 aromatic heterocycles. The maximum Gasteiger partial charge on any atom is 0.233 e. The predicted molar refractivity (Wildman–Crippen MR) is 87.0 cm³/mol. The van der Waals surface area contributed by atoms with Gasteiger partial charge >= 0.3 is 0 Å². The first-order valence-electron chi connectivity index (χ1n) is 6.65. The van der Waals surface area contributed by atoms with Gasteiger partial charge < -0.3 is 4.74 Å². The lowest BCUT2D eigenvalue weighted by atomic mass is 10.2. The lowest BCUT2D eigenvalue weighted by molar-refractivity contribution is 0.296. The van der Waals surface area contributed by atoms with Crippen molar-refractivity contribution in [3.05, 3.63) is 53.2 Å². The number of hydrogen-bond acceptors (Lipinski definition) is 7. The van der Waals surface area contributed by atoms with Crippen molar-refractivity contribution in [2.45, 2.75) is 11.5 Å². The van der Waals surface area contributed by atoms with E-state index in [-0.39, 0.29) is 4.90 Å². The van der Waals surface area contributed by atoms with Crippen LogP contribution < -0.4 is 4.74 Å². The van der Waals surface area contributed by atoms with E-state index in [1.165, 1.54) is 23.8 Å². The van der Waals surface area contributed by atoms with E-state index in [9.17, 15) is 8.42 Å². The average molecular weight is 347 g/mol. The summed E-state index contributed by atoms with van der Waals surface area (Å²) in [5, 5.41) is 0. The van der Waals surface area contributed by atoms with Crippen LogP contribution in [0.5, 0.6) is 5.88 Å². The van der Waals surface area contributed by atoms with Crippen LogP contribution >= 0.6 is 11.3 Å². The quantitative estimate of drug-likeness (QED) is 0.705. The Morgan fingerprint density at radius 2 is 1.87 bits per heavy atom. The predicted octanol–water partition coefficient (Wildman–Crippen LogP) is 2.58. The lowest BCUT2D eigenvalue weighted by Gasteiger charge is -2.06. The zero-order valence-corrected chi connectivity index (χ0v) is 13.8. The number of aromatic nitrogens is 3. The molecule has 2 heterocycles. The molecule has 0 radical (unpaired) electrons. The molecule has 3 rings (SSSR count). The van der Waals surface area contributed by atoms with Crippen molar-refractivity contribution < 1.29 is 13.2 Å². The smallest absolute Gasteiger partial charge is 0.233 e. The molecule has 0 unspecified atom stereocenters. The van der Waals surface area contributed by atoms with Gasteiger partial charge in [-0.25, -0.2) is 13.4 Å². The Morgan fingerprint density at radius 3 is 2.52 bits per heavy atom. The van der Waals surface area contributed by atoms with Crippen LogP contribution in [0, 0.1) is 0 Å². The third-order valence-corrected chi connectivity index (χ3v) is 4.92. The Kier molecular flexibility index (Phi) is 4.35. The molecule has 3 aromatic rings. The highest BCUT2D eigenvalue weighted by molar-refractivity contribution is 7.90. The Bertz CT molecular complexity index is 892. The molecule has 23 heavy (non-hydrogen) atoms. The van der Waals surface area contributed by atoms with Crippen molar-refractivity contribution in [3.63, 3.8) is 0 Å². The molecule has 6 nitrogen and oxygen atoms in total. The van der Waals surface area contributed by atoms with E-state index in [0.29, 0.717) is 18.2 Å². The van der Waals surface area contributed by atoms with Gasteiger partial charge in [0.1, 0.15) is 6.61 Å². The second-order valence-corrected chi connectivity index (χ2v) is 7.78. The van der Waals surface area contributed by atoms with E-state index < -0.39 is 9.84 Å². The Labute approximate surface area is 137 Å². The van der Waals surface area contributed by atoms with Crippen molar-refractivity contribution in [1.82, 2.24) is 15.0 Å². The van der Waals surface area contributed by atoms with Crippen LogP contribution in [0.1, 0.15) is 4.88 Å². The number of nitrogens with zero attached hydrogens (tertiary/aromatic N) is 3. The number of sulfone groups is 1. The van der Waals surface area contributed by atoms with Gasteiger partial charge in [-0.05, 0) is 12.1 Å². The van der Waals surface area contributed by atoms with Gasteiger partial charge in [-0.3, -0.25) is 9.97 Å². The maximum absolute atomic E-state index is 11.5. The highest BCUT2D eigenvalue weighted by Crippen LogP contribution is 2.21. The minimum atomic E-state index is -3.21. The molecule has 0 amide bonds. The van der Waals surface area contributed by atoms with Crippen LogP contribution in [0.4, 0.5) is 0 Å². The highest BCUT2D eigenvalue weighted by Gasteiger charge is 2.08. The third kappa shape index (κ3) is 3.91. The van der Waals surface area contributed by atoms with E-state index in [4.69, 9.17) is 4.74 Å². The van der Waals surface area contributed by atoms with Gasteiger partial charge in [0.25, 0.3) is 0 Å². The second kappa shape index (κ2) is 6.43. The molecule has 0 bridgehead atoms. The van der Waals surface area contributed by atoms with Crippen LogP contribution in [0.2, 0.25) is 0 Å². The molecule has 0 N–H and O–H groups in total. The van der Waals surface area contributed by atoms with Crippen LogP contribution in [0.3, 0.4) is 0 Å². The molecule has 0 aliphatic carbocycles. The van der Waals surface area contributed by atoms with Gasteiger partial charge in [0, 0.05) is 18.0 Å². The SMILES string of the molecule is CS(=O)(=O)c1ccc(-c2cncc(OCc3cncs3)n2)cc1. The largest absolute Gasteiger partial charge is 0.471 e. The number of benzene rings is 1. The Hall–Kier alpha value is -2.32. The molecular formula is C15H13N3O3S2. The molecule has 1 aromatic carbocycles. The summed E-state index contributed by atoms with van der Waals surface area (Å²) < 4.78 is 28.6. The monoisotopic (exact) mass is 347 g/mol. The minimum Gasteiger partial charge on any atom is -0.471 e. The van der Waals surface area contributed by atoms with Crippen LogP contribution in [-0.4, -0.2) is 29.6 Å².